The Morgan fingerprint density at radius 1 is 0.740 bits per heavy atom. The molecule has 376 valence electrons. The van der Waals surface area contributed by atoms with Crippen LogP contribution in [0.2, 0.25) is 0 Å². The highest BCUT2D eigenvalue weighted by molar-refractivity contribution is 6.25. The van der Waals surface area contributed by atoms with Gasteiger partial charge in [0.25, 0.3) is 0 Å². The zero-order chi connectivity index (χ0) is 52.1. The zero-order valence-electron chi connectivity index (χ0n) is 40.6. The van der Waals surface area contributed by atoms with Crippen LogP contribution in [0.15, 0.2) is 133 Å². The van der Waals surface area contributed by atoms with Crippen molar-refractivity contribution in [3.05, 3.63) is 167 Å². The number of imide groups is 1. The maximum atomic E-state index is 16.6. The van der Waals surface area contributed by atoms with Crippen LogP contribution in [0.25, 0.3) is 0 Å². The number of benzene rings is 5. The lowest BCUT2D eigenvalue weighted by molar-refractivity contribution is -0.178. The predicted molar refractivity (Wildman–Crippen MR) is 263 cm³/mol. The van der Waals surface area contributed by atoms with Gasteiger partial charge in [-0.25, -0.2) is 14.5 Å². The molecule has 0 bridgehead atoms. The number of nitrogens with zero attached hydrogens (tertiary/aromatic N) is 2. The number of fused-ring (bicyclic) bond motifs is 3. The molecule has 2 fully saturated rings. The molecule has 8 atom stereocenters. The Hall–Kier alpha value is -8.33. The highest BCUT2D eigenvalue weighted by Gasteiger charge is 2.75. The van der Waals surface area contributed by atoms with Crippen molar-refractivity contribution < 1.29 is 62.7 Å². The van der Waals surface area contributed by atoms with Crippen LogP contribution in [0.5, 0.6) is 5.75 Å². The number of aliphatic hydroxyl groups excluding tert-OH is 1. The van der Waals surface area contributed by atoms with E-state index in [0.717, 1.165) is 26.2 Å². The number of amides is 4. The zero-order valence-corrected chi connectivity index (χ0v) is 40.6. The topological polar surface area (TPSA) is 227 Å². The quantitative estimate of drug-likeness (QED) is 0.0494. The van der Waals surface area contributed by atoms with Crippen molar-refractivity contribution in [1.29, 1.82) is 0 Å². The summed E-state index contributed by atoms with van der Waals surface area (Å²) in [6, 6.07) is 30.9. The summed E-state index contributed by atoms with van der Waals surface area (Å²) in [5.41, 5.74) is -0.00995. The molecule has 3 heterocycles. The van der Waals surface area contributed by atoms with Crippen LogP contribution in [0.4, 0.5) is 10.5 Å². The monoisotopic (exact) mass is 990 g/mol. The van der Waals surface area contributed by atoms with Gasteiger partial charge in [-0.2, -0.15) is 0 Å². The van der Waals surface area contributed by atoms with E-state index in [0.29, 0.717) is 22.3 Å². The number of phenols is 1. The summed E-state index contributed by atoms with van der Waals surface area (Å²) in [6.07, 6.45) is -2.63. The van der Waals surface area contributed by atoms with E-state index in [1.165, 1.54) is 30.3 Å². The van der Waals surface area contributed by atoms with Crippen LogP contribution in [-0.2, 0) is 53.1 Å². The van der Waals surface area contributed by atoms with Gasteiger partial charge in [-0.15, -0.1) is 0 Å². The fraction of sp³-hybridized carbons (Fsp3) is 0.304. The molecule has 5 aromatic carbocycles. The highest BCUT2D eigenvalue weighted by Crippen LogP contribution is 2.66. The molecule has 0 radical (unpaired) electrons. The van der Waals surface area contributed by atoms with Crippen molar-refractivity contribution in [2.45, 2.75) is 62.1 Å². The second-order valence-electron chi connectivity index (χ2n) is 18.2. The van der Waals surface area contributed by atoms with Crippen LogP contribution in [0, 0.1) is 29.6 Å². The Balaban J connectivity index is 1.43. The Kier molecular flexibility index (Phi) is 15.1. The second-order valence-corrected chi connectivity index (χ2v) is 18.2. The minimum absolute atomic E-state index is 0.0302. The van der Waals surface area contributed by atoms with Gasteiger partial charge in [0, 0.05) is 18.5 Å². The Labute approximate surface area is 421 Å². The number of aliphatic hydroxyl groups is 1. The van der Waals surface area contributed by atoms with Crippen molar-refractivity contribution in [3.8, 4) is 17.6 Å². The number of carbonyl (C=O) groups is 7. The van der Waals surface area contributed by atoms with Gasteiger partial charge in [0.15, 0.2) is 5.92 Å². The van der Waals surface area contributed by atoms with E-state index >= 15 is 19.2 Å². The van der Waals surface area contributed by atoms with Gasteiger partial charge in [-0.05, 0) is 64.1 Å². The summed E-state index contributed by atoms with van der Waals surface area (Å²) in [7, 11) is 3.40. The van der Waals surface area contributed by atoms with E-state index in [1.807, 2.05) is 36.4 Å². The van der Waals surface area contributed by atoms with Crippen molar-refractivity contribution >= 4 is 47.4 Å². The minimum atomic E-state index is -2.29. The molecule has 4 amide bonds. The molecule has 0 unspecified atom stereocenters. The van der Waals surface area contributed by atoms with Gasteiger partial charge in [-0.3, -0.25) is 28.9 Å². The van der Waals surface area contributed by atoms with Crippen LogP contribution in [0.3, 0.4) is 0 Å². The average Bonchev–Trinajstić information content (AvgIpc) is 3.87. The number of rotatable bonds is 13. The van der Waals surface area contributed by atoms with E-state index in [9.17, 15) is 24.6 Å². The molecule has 1 spiro atoms. The lowest BCUT2D eigenvalue weighted by Gasteiger charge is -2.46. The molecule has 2 saturated heterocycles. The van der Waals surface area contributed by atoms with Crippen molar-refractivity contribution in [1.82, 2.24) is 15.5 Å². The van der Waals surface area contributed by atoms with Gasteiger partial charge in [0.05, 0.1) is 51.1 Å². The van der Waals surface area contributed by atoms with Crippen molar-refractivity contribution in [3.63, 3.8) is 0 Å². The number of morpholine rings is 1. The third-order valence-corrected chi connectivity index (χ3v) is 13.7. The summed E-state index contributed by atoms with van der Waals surface area (Å²) in [4.78, 5) is 104. The lowest BCUT2D eigenvalue weighted by atomic mass is 9.65. The number of hydrogen-bond acceptors (Lipinski definition) is 14. The first-order valence-electron chi connectivity index (χ1n) is 23.6. The van der Waals surface area contributed by atoms with Gasteiger partial charge >= 0.3 is 29.9 Å². The Morgan fingerprint density at radius 2 is 1.33 bits per heavy atom. The van der Waals surface area contributed by atoms with Gasteiger partial charge in [0.2, 0.25) is 11.8 Å². The summed E-state index contributed by atoms with van der Waals surface area (Å²) in [5.74, 6) is -3.28. The molecular weight excluding hydrogens is 937 g/mol. The molecule has 0 saturated carbocycles. The molecule has 73 heavy (non-hydrogen) atoms. The smallest absolute Gasteiger partial charge is 0.329 e. The maximum Gasteiger partial charge on any atom is 0.329 e. The second kappa shape index (κ2) is 21.6. The Morgan fingerprint density at radius 3 is 1.92 bits per heavy atom. The van der Waals surface area contributed by atoms with E-state index in [4.69, 9.17) is 18.9 Å². The first-order valence-corrected chi connectivity index (χ1v) is 23.6. The fourth-order valence-corrected chi connectivity index (χ4v) is 10.4. The number of anilines is 1. The molecule has 0 aromatic heterocycles. The molecule has 8 rings (SSSR count). The maximum absolute atomic E-state index is 16.6. The molecule has 4 N–H and O–H groups in total. The normalized spacial score (nSPS) is 21.8. The molecular formula is C56H54N4O13. The lowest BCUT2D eigenvalue weighted by Crippen LogP contribution is -2.58. The number of carbonyl (C=O) groups excluding carboxylic acids is 7. The third kappa shape index (κ3) is 9.50. The van der Waals surface area contributed by atoms with E-state index in [1.54, 1.807) is 85.5 Å². The average molecular weight is 991 g/mol. The molecule has 17 heteroatoms. The summed E-state index contributed by atoms with van der Waals surface area (Å²) in [6.45, 7) is 2.98. The molecule has 5 aromatic rings. The first-order chi connectivity index (χ1) is 35.2. The number of ether oxygens (including phenoxy) is 4. The van der Waals surface area contributed by atoms with Crippen LogP contribution in [-0.4, -0.2) is 96.8 Å². The largest absolute Gasteiger partial charge is 0.508 e. The van der Waals surface area contributed by atoms with Crippen LogP contribution < -0.4 is 15.5 Å². The van der Waals surface area contributed by atoms with Crippen LogP contribution in [0.1, 0.15) is 77.9 Å². The number of esters is 4. The fourth-order valence-electron chi connectivity index (χ4n) is 10.4. The number of phenolic OH excluding ortho intramolecular Hbond substituents is 1. The highest BCUT2D eigenvalue weighted by atomic mass is 16.6. The summed E-state index contributed by atoms with van der Waals surface area (Å²) >= 11 is 0. The van der Waals surface area contributed by atoms with Crippen LogP contribution >= 0.6 is 0 Å². The SMILES string of the molecule is COC(=O)C(CC#Cc1ccc2c(c1)[C@]1(C(=O)N2C(=O)N[C@H](C(=O)OC)C(C)C)[C@H](c2ccc(O)cc2)N2[C@H](c3ccccc3)[C@H](c3ccccc3)OC(=O)[C@H]2[C@@H]1C(=O)NC[C@H](O)c1ccccc1)C(=O)OC. The van der Waals surface area contributed by atoms with Crippen molar-refractivity contribution in [2.24, 2.45) is 17.8 Å². The predicted octanol–water partition coefficient (Wildman–Crippen LogP) is 5.52. The number of urea groups is 1. The standard InChI is InChI=1S/C56H54N4O13/c1-32(2)44(52(66)72-5)58-55(69)59-41-29-24-33(16-15-23-39(50(64)70-3)51(65)71-4)30-40(41)56(54(59)68)43(49(63)57-31-42(62)34-17-9-6-10-18-34)46-53(67)73-47(36-21-13-8-14-22-36)45(35-19-11-7-12-20-35)60(46)48(56)37-25-27-38(61)28-26-37/h6-14,17-22,24-30,32,39,42-48,61-62H,23,31H2,1-5H3,(H,57,63)(H,58,69)/t42-,43+,44-,45+,46+,47-,48-,56+/m0/s1. The number of aromatic hydroxyl groups is 1. The third-order valence-electron chi connectivity index (χ3n) is 13.7. The minimum Gasteiger partial charge on any atom is -0.508 e. The molecule has 0 aliphatic carbocycles. The van der Waals surface area contributed by atoms with Gasteiger partial charge in [0.1, 0.15) is 29.4 Å². The van der Waals surface area contributed by atoms with E-state index in [-0.39, 0.29) is 35.5 Å². The van der Waals surface area contributed by atoms with Crippen molar-refractivity contribution in [2.75, 3.05) is 32.8 Å². The number of methoxy groups -OCH3 is 3. The first kappa shape index (κ1) is 51.0. The molecule has 17 nitrogen and oxygen atoms in total. The van der Waals surface area contributed by atoms with Gasteiger partial charge in [-0.1, -0.05) is 129 Å². The number of hydrogen-bond donors (Lipinski definition) is 4. The van der Waals surface area contributed by atoms with E-state index in [2.05, 4.69) is 22.5 Å². The van der Waals surface area contributed by atoms with E-state index < -0.39 is 101 Å². The Bertz CT molecular complexity index is 2940. The number of cyclic esters (lactones) is 1. The summed E-state index contributed by atoms with van der Waals surface area (Å²) in [5, 5.41) is 27.8. The van der Waals surface area contributed by atoms with Gasteiger partial charge < -0.3 is 39.8 Å². The molecule has 3 aliphatic heterocycles. The summed E-state index contributed by atoms with van der Waals surface area (Å²) < 4.78 is 21.2. The molecule has 3 aliphatic rings. The number of nitrogens with one attached hydrogen (secondary N) is 2.